The van der Waals surface area contributed by atoms with Crippen LogP contribution < -0.4 is 0 Å². The van der Waals surface area contributed by atoms with Gasteiger partial charge in [-0.15, -0.1) is 0 Å². The van der Waals surface area contributed by atoms with Gasteiger partial charge in [-0.2, -0.15) is 0 Å². The molecule has 23 heavy (non-hydrogen) atoms. The number of carboxylic acid groups (broad SMARTS) is 1. The number of carboxylic acids is 1. The van der Waals surface area contributed by atoms with Crippen molar-refractivity contribution >= 4 is 5.97 Å². The van der Waals surface area contributed by atoms with Crippen molar-refractivity contribution in [2.24, 2.45) is 5.92 Å². The van der Waals surface area contributed by atoms with Crippen molar-refractivity contribution in [1.82, 2.24) is 9.88 Å². The van der Waals surface area contributed by atoms with Crippen LogP contribution in [0, 0.1) is 5.92 Å². The van der Waals surface area contributed by atoms with E-state index in [-0.39, 0.29) is 16.9 Å². The highest BCUT2D eigenvalue weighted by atomic mass is 16.4. The summed E-state index contributed by atoms with van der Waals surface area (Å²) in [7, 11) is 0. The Bertz CT molecular complexity index is 587. The Morgan fingerprint density at radius 2 is 2.13 bits per heavy atom. The van der Waals surface area contributed by atoms with E-state index in [0.29, 0.717) is 0 Å². The van der Waals surface area contributed by atoms with Crippen LogP contribution in [0.3, 0.4) is 0 Å². The Morgan fingerprint density at radius 3 is 2.70 bits per heavy atom. The van der Waals surface area contributed by atoms with E-state index in [1.54, 1.807) is 0 Å². The topological polar surface area (TPSA) is 53.4 Å². The maximum absolute atomic E-state index is 11.4. The lowest BCUT2D eigenvalue weighted by atomic mass is 9.67. The van der Waals surface area contributed by atoms with E-state index >= 15 is 0 Å². The van der Waals surface area contributed by atoms with Crippen LogP contribution in [-0.4, -0.2) is 33.0 Å². The molecule has 1 spiro atoms. The highest BCUT2D eigenvalue weighted by Crippen LogP contribution is 2.46. The molecule has 2 aliphatic rings. The standard InChI is InChI=1S/C19H28N2O2/c1-18(2,3)16-9-14(11-20-12-16)13-21-8-5-15(17(22)23)10-19(21)6-4-7-19/h9,11-12,15H,4-8,10,13H2,1-3H3,(H,22,23). The molecule has 4 heteroatoms. The van der Waals surface area contributed by atoms with Gasteiger partial charge in [0.25, 0.3) is 0 Å². The van der Waals surface area contributed by atoms with Gasteiger partial charge in [0.2, 0.25) is 0 Å². The fourth-order valence-electron chi connectivity index (χ4n) is 4.01. The lowest BCUT2D eigenvalue weighted by molar-refractivity contribution is -0.148. The van der Waals surface area contributed by atoms with Gasteiger partial charge in [-0.1, -0.05) is 26.8 Å². The first-order valence-corrected chi connectivity index (χ1v) is 8.72. The first-order chi connectivity index (χ1) is 10.8. The van der Waals surface area contributed by atoms with E-state index in [1.807, 2.05) is 12.4 Å². The molecule has 1 saturated carbocycles. The quantitative estimate of drug-likeness (QED) is 0.926. The van der Waals surface area contributed by atoms with E-state index in [0.717, 1.165) is 38.8 Å². The number of likely N-dealkylation sites (tertiary alicyclic amines) is 1. The van der Waals surface area contributed by atoms with Crippen molar-refractivity contribution in [3.63, 3.8) is 0 Å². The number of carbonyl (C=O) groups is 1. The maximum Gasteiger partial charge on any atom is 0.306 e. The molecule has 3 rings (SSSR count). The first kappa shape index (κ1) is 16.4. The van der Waals surface area contributed by atoms with Gasteiger partial charge < -0.3 is 5.11 Å². The molecule has 1 atom stereocenters. The van der Waals surface area contributed by atoms with Gasteiger partial charge in [0.15, 0.2) is 0 Å². The van der Waals surface area contributed by atoms with Gasteiger partial charge in [0.05, 0.1) is 5.92 Å². The molecule has 0 radical (unpaired) electrons. The summed E-state index contributed by atoms with van der Waals surface area (Å²) in [5, 5.41) is 9.36. The van der Waals surface area contributed by atoms with E-state index in [4.69, 9.17) is 0 Å². The van der Waals surface area contributed by atoms with E-state index in [2.05, 4.69) is 36.7 Å². The summed E-state index contributed by atoms with van der Waals surface area (Å²) in [5.74, 6) is -0.780. The third kappa shape index (κ3) is 3.27. The molecule has 0 amide bonds. The Balaban J connectivity index is 1.76. The van der Waals surface area contributed by atoms with Gasteiger partial charge in [0, 0.05) is 24.5 Å². The fraction of sp³-hybridized carbons (Fsp3) is 0.684. The summed E-state index contributed by atoms with van der Waals surface area (Å²) in [6.45, 7) is 8.40. The summed E-state index contributed by atoms with van der Waals surface area (Å²) in [6.07, 6.45) is 9.01. The lowest BCUT2D eigenvalue weighted by Crippen LogP contribution is -2.58. The summed E-state index contributed by atoms with van der Waals surface area (Å²) >= 11 is 0. The average Bonchev–Trinajstić information content (AvgIpc) is 2.45. The molecule has 2 fully saturated rings. The predicted molar refractivity (Wildman–Crippen MR) is 90.3 cm³/mol. The van der Waals surface area contributed by atoms with Gasteiger partial charge in [-0.05, 0) is 55.2 Å². The molecular weight excluding hydrogens is 288 g/mol. The van der Waals surface area contributed by atoms with Crippen LogP contribution in [0.25, 0.3) is 0 Å². The number of aromatic nitrogens is 1. The molecule has 2 heterocycles. The second kappa shape index (κ2) is 5.90. The van der Waals surface area contributed by atoms with Crippen molar-refractivity contribution in [2.45, 2.75) is 70.4 Å². The number of hydrogen-bond donors (Lipinski definition) is 1. The summed E-state index contributed by atoms with van der Waals surface area (Å²) in [5.41, 5.74) is 2.74. The summed E-state index contributed by atoms with van der Waals surface area (Å²) < 4.78 is 0. The monoisotopic (exact) mass is 316 g/mol. The second-order valence-electron chi connectivity index (χ2n) is 8.36. The molecule has 1 saturated heterocycles. The van der Waals surface area contributed by atoms with Crippen molar-refractivity contribution in [3.8, 4) is 0 Å². The molecule has 1 unspecified atom stereocenters. The molecule has 4 nitrogen and oxygen atoms in total. The van der Waals surface area contributed by atoms with E-state index < -0.39 is 5.97 Å². The van der Waals surface area contributed by atoms with Crippen LogP contribution in [0.5, 0.6) is 0 Å². The van der Waals surface area contributed by atoms with Crippen LogP contribution in [0.1, 0.15) is 64.0 Å². The smallest absolute Gasteiger partial charge is 0.306 e. The Hall–Kier alpha value is -1.42. The molecular formula is C19H28N2O2. The molecule has 1 aliphatic heterocycles. The minimum absolute atomic E-state index is 0.105. The van der Waals surface area contributed by atoms with Crippen LogP contribution in [0.4, 0.5) is 0 Å². The Kier molecular flexibility index (Phi) is 4.21. The highest BCUT2D eigenvalue weighted by molar-refractivity contribution is 5.70. The van der Waals surface area contributed by atoms with Gasteiger partial charge in [0.1, 0.15) is 0 Å². The first-order valence-electron chi connectivity index (χ1n) is 8.72. The minimum atomic E-state index is -0.618. The molecule has 126 valence electrons. The SMILES string of the molecule is CC(C)(C)c1cncc(CN2CCC(C(=O)O)CC23CCC3)c1. The predicted octanol–water partition coefficient (Wildman–Crippen LogP) is 3.60. The summed E-state index contributed by atoms with van der Waals surface area (Å²) in [4.78, 5) is 18.3. The third-order valence-electron chi connectivity index (χ3n) is 5.71. The molecule has 1 aromatic heterocycles. The number of piperidine rings is 1. The zero-order valence-electron chi connectivity index (χ0n) is 14.5. The van der Waals surface area contributed by atoms with Crippen LogP contribution >= 0.6 is 0 Å². The number of aliphatic carboxylic acids is 1. The largest absolute Gasteiger partial charge is 0.481 e. The highest BCUT2D eigenvalue weighted by Gasteiger charge is 2.47. The average molecular weight is 316 g/mol. The summed E-state index contributed by atoms with van der Waals surface area (Å²) in [6, 6.07) is 2.27. The zero-order valence-corrected chi connectivity index (χ0v) is 14.5. The van der Waals surface area contributed by atoms with Crippen LogP contribution in [0.15, 0.2) is 18.5 Å². The third-order valence-corrected chi connectivity index (χ3v) is 5.71. The Morgan fingerprint density at radius 1 is 1.39 bits per heavy atom. The van der Waals surface area contributed by atoms with Gasteiger partial charge in [-0.3, -0.25) is 14.7 Å². The van der Waals surface area contributed by atoms with Crippen LogP contribution in [0.2, 0.25) is 0 Å². The van der Waals surface area contributed by atoms with Crippen LogP contribution in [-0.2, 0) is 16.8 Å². The maximum atomic E-state index is 11.4. The lowest BCUT2D eigenvalue weighted by Gasteiger charge is -2.54. The molecule has 1 N–H and O–H groups in total. The van der Waals surface area contributed by atoms with Crippen molar-refractivity contribution < 1.29 is 9.90 Å². The van der Waals surface area contributed by atoms with Crippen molar-refractivity contribution in [1.29, 1.82) is 0 Å². The van der Waals surface area contributed by atoms with E-state index in [9.17, 15) is 9.90 Å². The molecule has 1 aromatic rings. The fourth-order valence-corrected chi connectivity index (χ4v) is 4.01. The molecule has 1 aliphatic carbocycles. The second-order valence-corrected chi connectivity index (χ2v) is 8.36. The van der Waals surface area contributed by atoms with Crippen molar-refractivity contribution in [2.75, 3.05) is 6.54 Å². The number of pyridine rings is 1. The number of rotatable bonds is 3. The molecule has 0 bridgehead atoms. The minimum Gasteiger partial charge on any atom is -0.481 e. The zero-order chi connectivity index (χ0) is 16.7. The Labute approximate surface area is 138 Å². The van der Waals surface area contributed by atoms with Gasteiger partial charge in [-0.25, -0.2) is 0 Å². The number of nitrogens with zero attached hydrogens (tertiary/aromatic N) is 2. The van der Waals surface area contributed by atoms with E-state index in [1.165, 1.54) is 17.5 Å². The number of hydrogen-bond acceptors (Lipinski definition) is 3. The van der Waals surface area contributed by atoms with Gasteiger partial charge >= 0.3 is 5.97 Å². The molecule has 0 aromatic carbocycles. The van der Waals surface area contributed by atoms with Crippen molar-refractivity contribution in [3.05, 3.63) is 29.6 Å². The normalized spacial score (nSPS) is 24.4.